The number of hydrogen-bond donors (Lipinski definition) is 1. The van der Waals surface area contributed by atoms with Crippen LogP contribution in [0.25, 0.3) is 11.3 Å². The Kier molecular flexibility index (Phi) is 4.08. The van der Waals surface area contributed by atoms with Crippen LogP contribution in [0.15, 0.2) is 71.9 Å². The summed E-state index contributed by atoms with van der Waals surface area (Å²) in [7, 11) is -3.47. The third kappa shape index (κ3) is 3.54. The number of hydrogen-bond acceptors (Lipinski definition) is 5. The van der Waals surface area contributed by atoms with Crippen molar-refractivity contribution >= 4 is 15.5 Å². The van der Waals surface area contributed by atoms with Gasteiger partial charge in [-0.25, -0.2) is 18.4 Å². The summed E-state index contributed by atoms with van der Waals surface area (Å²) in [5.74, 6) is -0.181. The number of benzene rings is 2. The summed E-state index contributed by atoms with van der Waals surface area (Å²) in [5, 5.41) is 0. The Labute approximate surface area is 134 Å². The van der Waals surface area contributed by atoms with Crippen LogP contribution in [-0.4, -0.2) is 18.4 Å². The van der Waals surface area contributed by atoms with Crippen LogP contribution in [0, 0.1) is 0 Å². The van der Waals surface area contributed by atoms with Gasteiger partial charge in [-0.05, 0) is 30.3 Å². The Morgan fingerprint density at radius 1 is 0.913 bits per heavy atom. The molecule has 0 amide bonds. The summed E-state index contributed by atoms with van der Waals surface area (Å²) in [5.41, 5.74) is 8.19. The van der Waals surface area contributed by atoms with E-state index in [1.807, 2.05) is 30.3 Å². The summed E-state index contributed by atoms with van der Waals surface area (Å²) < 4.78 is 24.9. The molecule has 3 aromatic rings. The highest BCUT2D eigenvalue weighted by Gasteiger charge is 2.16. The fraction of sp³-hybridized carbons (Fsp3) is 0.0588. The molecule has 5 nitrogen and oxygen atoms in total. The van der Waals surface area contributed by atoms with E-state index in [-0.39, 0.29) is 10.6 Å². The monoisotopic (exact) mass is 325 g/mol. The first-order chi connectivity index (χ1) is 11.0. The number of rotatable bonds is 4. The zero-order valence-corrected chi connectivity index (χ0v) is 13.1. The van der Waals surface area contributed by atoms with E-state index in [0.29, 0.717) is 17.1 Å². The van der Waals surface area contributed by atoms with Crippen LogP contribution in [-0.2, 0) is 15.6 Å². The molecule has 1 aromatic heterocycles. The molecule has 0 atom stereocenters. The van der Waals surface area contributed by atoms with Crippen molar-refractivity contribution in [1.29, 1.82) is 0 Å². The van der Waals surface area contributed by atoms with Crippen molar-refractivity contribution in [2.45, 2.75) is 10.6 Å². The van der Waals surface area contributed by atoms with Crippen molar-refractivity contribution in [2.24, 2.45) is 0 Å². The lowest BCUT2D eigenvalue weighted by Crippen LogP contribution is -2.07. The minimum atomic E-state index is -3.47. The fourth-order valence-corrected chi connectivity index (χ4v) is 3.46. The van der Waals surface area contributed by atoms with Gasteiger partial charge >= 0.3 is 0 Å². The lowest BCUT2D eigenvalue weighted by atomic mass is 10.1. The van der Waals surface area contributed by atoms with Crippen molar-refractivity contribution in [3.63, 3.8) is 0 Å². The second kappa shape index (κ2) is 6.18. The van der Waals surface area contributed by atoms with Crippen molar-refractivity contribution in [3.05, 3.63) is 72.7 Å². The molecule has 0 aliphatic rings. The van der Waals surface area contributed by atoms with E-state index in [9.17, 15) is 8.42 Å². The Morgan fingerprint density at radius 3 is 2.30 bits per heavy atom. The maximum absolute atomic E-state index is 12.5. The van der Waals surface area contributed by atoms with Crippen LogP contribution in [0.1, 0.15) is 5.69 Å². The van der Waals surface area contributed by atoms with E-state index in [2.05, 4.69) is 9.97 Å². The molecule has 23 heavy (non-hydrogen) atoms. The first kappa shape index (κ1) is 15.2. The largest absolute Gasteiger partial charge is 0.399 e. The van der Waals surface area contributed by atoms with Crippen LogP contribution in [0.3, 0.4) is 0 Å². The van der Waals surface area contributed by atoms with Gasteiger partial charge in [0.25, 0.3) is 0 Å². The minimum absolute atomic E-state index is 0.181. The smallest absolute Gasteiger partial charge is 0.184 e. The topological polar surface area (TPSA) is 85.9 Å². The lowest BCUT2D eigenvalue weighted by molar-refractivity contribution is 0.594. The normalized spacial score (nSPS) is 11.3. The Morgan fingerprint density at radius 2 is 1.61 bits per heavy atom. The van der Waals surface area contributed by atoms with Gasteiger partial charge < -0.3 is 5.73 Å². The highest BCUT2D eigenvalue weighted by atomic mass is 32.2. The van der Waals surface area contributed by atoms with Gasteiger partial charge in [-0.2, -0.15) is 0 Å². The fourth-order valence-electron chi connectivity index (χ4n) is 2.20. The van der Waals surface area contributed by atoms with Crippen LogP contribution in [0.2, 0.25) is 0 Å². The quantitative estimate of drug-likeness (QED) is 0.745. The number of aromatic nitrogens is 2. The third-order valence-corrected chi connectivity index (χ3v) is 5.04. The molecule has 2 aromatic carbocycles. The maximum atomic E-state index is 12.5. The Balaban J connectivity index is 1.90. The molecule has 1 heterocycles. The first-order valence-corrected chi connectivity index (χ1v) is 8.64. The summed E-state index contributed by atoms with van der Waals surface area (Å²) in [6, 6.07) is 17.4. The first-order valence-electron chi connectivity index (χ1n) is 6.99. The van der Waals surface area contributed by atoms with Crippen LogP contribution in [0.4, 0.5) is 5.69 Å². The molecule has 3 rings (SSSR count). The maximum Gasteiger partial charge on any atom is 0.184 e. The minimum Gasteiger partial charge on any atom is -0.399 e. The third-order valence-electron chi connectivity index (χ3n) is 3.37. The van der Waals surface area contributed by atoms with Crippen LogP contribution >= 0.6 is 0 Å². The molecule has 116 valence electrons. The zero-order chi connectivity index (χ0) is 16.3. The molecule has 0 saturated carbocycles. The molecule has 0 spiro atoms. The SMILES string of the molecule is Nc1ccc(S(=O)(=O)Cc2cc(-c3ccccc3)ncn2)cc1. The molecule has 0 aliphatic carbocycles. The number of nitrogens with two attached hydrogens (primary N) is 1. The van der Waals surface area contributed by atoms with Gasteiger partial charge in [0.2, 0.25) is 0 Å². The van der Waals surface area contributed by atoms with Crippen molar-refractivity contribution in [2.75, 3.05) is 5.73 Å². The molecule has 2 N–H and O–H groups in total. The van der Waals surface area contributed by atoms with Gasteiger partial charge in [0.05, 0.1) is 22.0 Å². The average molecular weight is 325 g/mol. The van der Waals surface area contributed by atoms with Gasteiger partial charge in [-0.3, -0.25) is 0 Å². The van der Waals surface area contributed by atoms with Crippen LogP contribution < -0.4 is 5.73 Å². The predicted molar refractivity (Wildman–Crippen MR) is 89.2 cm³/mol. The van der Waals surface area contributed by atoms with Gasteiger partial charge in [0.15, 0.2) is 9.84 Å². The summed E-state index contributed by atoms with van der Waals surface area (Å²) in [6.07, 6.45) is 1.39. The number of sulfone groups is 1. The van der Waals surface area contributed by atoms with Gasteiger partial charge in [-0.1, -0.05) is 30.3 Å². The van der Waals surface area contributed by atoms with E-state index >= 15 is 0 Å². The summed E-state index contributed by atoms with van der Waals surface area (Å²) >= 11 is 0. The van der Waals surface area contributed by atoms with Crippen molar-refractivity contribution < 1.29 is 8.42 Å². The van der Waals surface area contributed by atoms with Gasteiger partial charge in [0, 0.05) is 11.3 Å². The highest BCUT2D eigenvalue weighted by Crippen LogP contribution is 2.20. The molecule has 0 aliphatic heterocycles. The summed E-state index contributed by atoms with van der Waals surface area (Å²) in [6.45, 7) is 0. The highest BCUT2D eigenvalue weighted by molar-refractivity contribution is 7.90. The number of nitrogen functional groups attached to an aromatic ring is 1. The van der Waals surface area contributed by atoms with Crippen molar-refractivity contribution in [3.8, 4) is 11.3 Å². The van der Waals surface area contributed by atoms with Gasteiger partial charge in [0.1, 0.15) is 6.33 Å². The van der Waals surface area contributed by atoms with E-state index in [1.54, 1.807) is 18.2 Å². The number of anilines is 1. The molecule has 6 heteroatoms. The summed E-state index contributed by atoms with van der Waals surface area (Å²) in [4.78, 5) is 8.51. The molecular formula is C17H15N3O2S. The molecule has 0 radical (unpaired) electrons. The van der Waals surface area contributed by atoms with Crippen molar-refractivity contribution in [1.82, 2.24) is 9.97 Å². The number of nitrogens with zero attached hydrogens (tertiary/aromatic N) is 2. The lowest BCUT2D eigenvalue weighted by Gasteiger charge is -2.06. The second-order valence-corrected chi connectivity index (χ2v) is 7.08. The zero-order valence-electron chi connectivity index (χ0n) is 12.3. The molecule has 0 unspecified atom stereocenters. The van der Waals surface area contributed by atoms with E-state index in [0.717, 1.165) is 5.56 Å². The second-order valence-electron chi connectivity index (χ2n) is 5.09. The van der Waals surface area contributed by atoms with Gasteiger partial charge in [-0.15, -0.1) is 0 Å². The average Bonchev–Trinajstić information content (AvgIpc) is 2.56. The predicted octanol–water partition coefficient (Wildman–Crippen LogP) is 2.70. The Hall–Kier alpha value is -2.73. The molecule has 0 bridgehead atoms. The molecular weight excluding hydrogens is 310 g/mol. The van der Waals surface area contributed by atoms with E-state index in [4.69, 9.17) is 5.73 Å². The van der Waals surface area contributed by atoms with Crippen LogP contribution in [0.5, 0.6) is 0 Å². The standard InChI is InChI=1S/C17H15N3O2S/c18-14-6-8-16(9-7-14)23(21,22)11-15-10-17(20-12-19-15)13-4-2-1-3-5-13/h1-10,12H,11,18H2. The molecule has 0 fully saturated rings. The Bertz CT molecular complexity index is 908. The van der Waals surface area contributed by atoms with E-state index < -0.39 is 9.84 Å². The van der Waals surface area contributed by atoms with E-state index in [1.165, 1.54) is 18.5 Å². The molecule has 0 saturated heterocycles.